The van der Waals surface area contributed by atoms with Gasteiger partial charge in [-0.05, 0) is 24.0 Å². The van der Waals surface area contributed by atoms with Gasteiger partial charge < -0.3 is 10.2 Å². The predicted molar refractivity (Wildman–Crippen MR) is 54.3 cm³/mol. The highest BCUT2D eigenvalue weighted by atomic mass is 16.3. The van der Waals surface area contributed by atoms with Crippen molar-refractivity contribution in [3.63, 3.8) is 0 Å². The van der Waals surface area contributed by atoms with Gasteiger partial charge in [-0.2, -0.15) is 0 Å². The summed E-state index contributed by atoms with van der Waals surface area (Å²) in [4.78, 5) is 0. The van der Waals surface area contributed by atoms with Crippen molar-refractivity contribution in [3.05, 3.63) is 24.2 Å². The molecule has 2 heteroatoms. The largest absolute Gasteiger partial charge is 0.468 e. The van der Waals surface area contributed by atoms with Crippen LogP contribution in [0.2, 0.25) is 0 Å². The van der Waals surface area contributed by atoms with Gasteiger partial charge >= 0.3 is 0 Å². The Balaban J connectivity index is 2.70. The molecule has 0 bridgehead atoms. The van der Waals surface area contributed by atoms with Crippen LogP contribution >= 0.6 is 0 Å². The second-order valence-corrected chi connectivity index (χ2v) is 3.86. The van der Waals surface area contributed by atoms with Crippen molar-refractivity contribution in [2.45, 2.75) is 33.2 Å². The summed E-state index contributed by atoms with van der Waals surface area (Å²) < 4.78 is 5.30. The molecule has 13 heavy (non-hydrogen) atoms. The molecule has 1 rings (SSSR count). The lowest BCUT2D eigenvalue weighted by Crippen LogP contribution is -2.24. The molecule has 1 aromatic heterocycles. The third kappa shape index (κ3) is 2.34. The summed E-state index contributed by atoms with van der Waals surface area (Å²) >= 11 is 0. The van der Waals surface area contributed by atoms with Gasteiger partial charge in [0.25, 0.3) is 0 Å². The first-order chi connectivity index (χ1) is 6.16. The zero-order chi connectivity index (χ0) is 9.84. The van der Waals surface area contributed by atoms with Crippen LogP contribution in [-0.2, 0) is 0 Å². The number of hydrogen-bond acceptors (Lipinski definition) is 2. The molecule has 0 radical (unpaired) electrons. The van der Waals surface area contributed by atoms with Gasteiger partial charge in [0.15, 0.2) is 0 Å². The van der Waals surface area contributed by atoms with E-state index in [4.69, 9.17) is 10.2 Å². The normalized spacial score (nSPS) is 16.1. The van der Waals surface area contributed by atoms with Crippen molar-refractivity contribution in [1.82, 2.24) is 0 Å². The zero-order valence-electron chi connectivity index (χ0n) is 8.66. The first-order valence-electron chi connectivity index (χ1n) is 4.95. The highest BCUT2D eigenvalue weighted by Gasteiger charge is 2.22. The molecule has 2 N–H and O–H groups in total. The molecule has 0 spiro atoms. The van der Waals surface area contributed by atoms with Crippen LogP contribution in [0, 0.1) is 11.8 Å². The molecule has 0 aromatic carbocycles. The molecule has 74 valence electrons. The van der Waals surface area contributed by atoms with Crippen LogP contribution in [0.1, 0.15) is 39.0 Å². The highest BCUT2D eigenvalue weighted by Crippen LogP contribution is 2.28. The van der Waals surface area contributed by atoms with Gasteiger partial charge in [-0.3, -0.25) is 0 Å². The van der Waals surface area contributed by atoms with E-state index in [-0.39, 0.29) is 6.04 Å². The Labute approximate surface area is 80.1 Å². The van der Waals surface area contributed by atoms with Crippen LogP contribution in [0.5, 0.6) is 0 Å². The van der Waals surface area contributed by atoms with Crippen molar-refractivity contribution in [1.29, 1.82) is 0 Å². The standard InChI is InChI=1S/C11H19NO/c1-4-9(8(2)3)11(12)10-6-5-7-13-10/h5-9,11H,4,12H2,1-3H3. The van der Waals surface area contributed by atoms with Crippen LogP contribution < -0.4 is 5.73 Å². The van der Waals surface area contributed by atoms with Crippen molar-refractivity contribution >= 4 is 0 Å². The van der Waals surface area contributed by atoms with Crippen LogP contribution in [-0.4, -0.2) is 0 Å². The summed E-state index contributed by atoms with van der Waals surface area (Å²) in [5.74, 6) is 2.01. The molecule has 2 unspecified atom stereocenters. The predicted octanol–water partition coefficient (Wildman–Crippen LogP) is 2.96. The maximum absolute atomic E-state index is 6.10. The molecule has 2 atom stereocenters. The minimum atomic E-state index is 0.0417. The van der Waals surface area contributed by atoms with Crippen molar-refractivity contribution in [3.8, 4) is 0 Å². The lowest BCUT2D eigenvalue weighted by molar-refractivity contribution is 0.281. The van der Waals surface area contributed by atoms with Crippen LogP contribution in [0.4, 0.5) is 0 Å². The first kappa shape index (κ1) is 10.3. The monoisotopic (exact) mass is 181 g/mol. The molecule has 0 aliphatic rings. The second-order valence-electron chi connectivity index (χ2n) is 3.86. The first-order valence-corrected chi connectivity index (χ1v) is 4.95. The van der Waals surface area contributed by atoms with Crippen LogP contribution in [0.25, 0.3) is 0 Å². The average molecular weight is 181 g/mol. The van der Waals surface area contributed by atoms with E-state index in [1.54, 1.807) is 6.26 Å². The van der Waals surface area contributed by atoms with E-state index >= 15 is 0 Å². The molecule has 0 aliphatic heterocycles. The Bertz CT molecular complexity index is 228. The fraction of sp³-hybridized carbons (Fsp3) is 0.636. The van der Waals surface area contributed by atoms with E-state index in [0.717, 1.165) is 12.2 Å². The fourth-order valence-electron chi connectivity index (χ4n) is 1.83. The van der Waals surface area contributed by atoms with Gasteiger partial charge in [0.05, 0.1) is 12.3 Å². The van der Waals surface area contributed by atoms with E-state index < -0.39 is 0 Å². The van der Waals surface area contributed by atoms with E-state index in [1.165, 1.54) is 0 Å². The molecule has 2 nitrogen and oxygen atoms in total. The summed E-state index contributed by atoms with van der Waals surface area (Å²) in [5, 5.41) is 0. The molecule has 1 heterocycles. The van der Waals surface area contributed by atoms with Crippen molar-refractivity contribution < 1.29 is 4.42 Å². The fourth-order valence-corrected chi connectivity index (χ4v) is 1.83. The molecule has 0 aliphatic carbocycles. The van der Waals surface area contributed by atoms with Gasteiger partial charge in [0, 0.05) is 0 Å². The quantitative estimate of drug-likeness (QED) is 0.775. The van der Waals surface area contributed by atoms with Gasteiger partial charge in [-0.25, -0.2) is 0 Å². The lowest BCUT2D eigenvalue weighted by atomic mass is 9.85. The lowest BCUT2D eigenvalue weighted by Gasteiger charge is -2.24. The molecule has 0 saturated heterocycles. The topological polar surface area (TPSA) is 39.2 Å². The van der Waals surface area contributed by atoms with Crippen LogP contribution in [0.3, 0.4) is 0 Å². The van der Waals surface area contributed by atoms with Gasteiger partial charge in [-0.15, -0.1) is 0 Å². The molecular formula is C11H19NO. The maximum atomic E-state index is 6.10. The van der Waals surface area contributed by atoms with Gasteiger partial charge in [-0.1, -0.05) is 27.2 Å². The smallest absolute Gasteiger partial charge is 0.120 e. The average Bonchev–Trinajstić information content (AvgIpc) is 2.56. The Morgan fingerprint density at radius 2 is 2.15 bits per heavy atom. The summed E-state index contributed by atoms with van der Waals surface area (Å²) in [6.45, 7) is 6.58. The minimum Gasteiger partial charge on any atom is -0.468 e. The Morgan fingerprint density at radius 1 is 1.46 bits per heavy atom. The highest BCUT2D eigenvalue weighted by molar-refractivity contribution is 5.05. The third-order valence-corrected chi connectivity index (χ3v) is 2.66. The zero-order valence-corrected chi connectivity index (χ0v) is 8.66. The number of rotatable bonds is 4. The van der Waals surface area contributed by atoms with E-state index in [1.807, 2.05) is 12.1 Å². The molecule has 0 fully saturated rings. The van der Waals surface area contributed by atoms with E-state index in [9.17, 15) is 0 Å². The number of nitrogens with two attached hydrogens (primary N) is 1. The number of hydrogen-bond donors (Lipinski definition) is 1. The Morgan fingerprint density at radius 3 is 2.54 bits per heavy atom. The van der Waals surface area contributed by atoms with E-state index in [0.29, 0.717) is 11.8 Å². The van der Waals surface area contributed by atoms with Gasteiger partial charge in [0.2, 0.25) is 0 Å². The summed E-state index contributed by atoms with van der Waals surface area (Å²) in [6.07, 6.45) is 2.78. The maximum Gasteiger partial charge on any atom is 0.120 e. The molecule has 0 saturated carbocycles. The Kier molecular flexibility index (Phi) is 3.55. The Hall–Kier alpha value is -0.760. The van der Waals surface area contributed by atoms with Crippen LogP contribution in [0.15, 0.2) is 22.8 Å². The summed E-state index contributed by atoms with van der Waals surface area (Å²) in [5.41, 5.74) is 6.10. The molecule has 0 amide bonds. The second kappa shape index (κ2) is 4.47. The van der Waals surface area contributed by atoms with Crippen molar-refractivity contribution in [2.75, 3.05) is 0 Å². The third-order valence-electron chi connectivity index (χ3n) is 2.66. The van der Waals surface area contributed by atoms with Crippen molar-refractivity contribution in [2.24, 2.45) is 17.6 Å². The SMILES string of the molecule is CCC(C(C)C)C(N)c1ccco1. The molecular weight excluding hydrogens is 162 g/mol. The van der Waals surface area contributed by atoms with Gasteiger partial charge in [0.1, 0.15) is 5.76 Å². The van der Waals surface area contributed by atoms with E-state index in [2.05, 4.69) is 20.8 Å². The minimum absolute atomic E-state index is 0.0417. The summed E-state index contributed by atoms with van der Waals surface area (Å²) in [6, 6.07) is 3.89. The molecule has 1 aromatic rings. The number of furan rings is 1. The summed E-state index contributed by atoms with van der Waals surface area (Å²) in [7, 11) is 0.